The Bertz CT molecular complexity index is 893. The summed E-state index contributed by atoms with van der Waals surface area (Å²) in [5.41, 5.74) is 3.31. The third-order valence-electron chi connectivity index (χ3n) is 5.82. The van der Waals surface area contributed by atoms with Crippen LogP contribution in [0.4, 0.5) is 4.39 Å². The van der Waals surface area contributed by atoms with E-state index in [4.69, 9.17) is 4.98 Å². The zero-order chi connectivity index (χ0) is 18.1. The molecule has 160 valence electrons. The molecule has 0 aliphatic carbocycles. The van der Waals surface area contributed by atoms with Gasteiger partial charge in [0, 0.05) is 12.5 Å². The Labute approximate surface area is 184 Å². The highest BCUT2D eigenvalue weighted by Gasteiger charge is 2.27. The van der Waals surface area contributed by atoms with Crippen molar-refractivity contribution in [1.82, 2.24) is 14.5 Å². The largest absolute Gasteiger partial charge is 0.412 e. The van der Waals surface area contributed by atoms with Crippen molar-refractivity contribution in [3.05, 3.63) is 65.7 Å². The van der Waals surface area contributed by atoms with Crippen molar-refractivity contribution >= 4 is 35.8 Å². The van der Waals surface area contributed by atoms with Crippen LogP contribution in [0, 0.1) is 11.7 Å². The van der Waals surface area contributed by atoms with Crippen LogP contribution in [0.25, 0.3) is 11.0 Å². The van der Waals surface area contributed by atoms with Gasteiger partial charge in [0.15, 0.2) is 0 Å². The molecule has 1 aliphatic heterocycles. The number of nitrogens with zero attached hydrogens (tertiary/aromatic N) is 3. The van der Waals surface area contributed by atoms with Crippen LogP contribution in [-0.2, 0) is 6.54 Å². The van der Waals surface area contributed by atoms with Crippen molar-refractivity contribution in [3.63, 3.8) is 0 Å². The van der Waals surface area contributed by atoms with Gasteiger partial charge < -0.3 is 14.9 Å². The fraction of sp³-hybridized carbons (Fsp3) is 0.409. The van der Waals surface area contributed by atoms with Crippen molar-refractivity contribution in [2.24, 2.45) is 5.92 Å². The van der Waals surface area contributed by atoms with Gasteiger partial charge in [0.2, 0.25) is 0 Å². The summed E-state index contributed by atoms with van der Waals surface area (Å²) in [5.74, 6) is 2.04. The first kappa shape index (κ1) is 25.4. The number of halogens is 3. The summed E-state index contributed by atoms with van der Waals surface area (Å²) in [6.07, 6.45) is 2.44. The van der Waals surface area contributed by atoms with Crippen molar-refractivity contribution in [3.8, 4) is 0 Å². The number of para-hydroxylation sites is 2. The van der Waals surface area contributed by atoms with Gasteiger partial charge in [-0.25, -0.2) is 9.37 Å². The monoisotopic (exact) mass is 441 g/mol. The number of hydrogen-bond acceptors (Lipinski definition) is 2. The average Bonchev–Trinajstić information content (AvgIpc) is 3.02. The predicted molar refractivity (Wildman–Crippen MR) is 122 cm³/mol. The quantitative estimate of drug-likeness (QED) is 0.589. The lowest BCUT2D eigenvalue weighted by Gasteiger charge is -2.32. The lowest BCUT2D eigenvalue weighted by molar-refractivity contribution is 0.199. The molecule has 1 aliphatic rings. The van der Waals surface area contributed by atoms with Gasteiger partial charge in [-0.15, -0.1) is 24.8 Å². The first-order chi connectivity index (χ1) is 12.6. The van der Waals surface area contributed by atoms with Gasteiger partial charge in [-0.3, -0.25) is 0 Å². The van der Waals surface area contributed by atoms with Gasteiger partial charge in [-0.2, -0.15) is 0 Å². The van der Waals surface area contributed by atoms with E-state index >= 15 is 0 Å². The number of rotatable bonds is 4. The van der Waals surface area contributed by atoms with E-state index in [9.17, 15) is 4.39 Å². The summed E-state index contributed by atoms with van der Waals surface area (Å²) < 4.78 is 15.6. The Hall–Kier alpha value is -1.66. The Kier molecular flexibility index (Phi) is 9.56. The highest BCUT2D eigenvalue weighted by atomic mass is 35.5. The minimum atomic E-state index is -0.191. The van der Waals surface area contributed by atoms with Gasteiger partial charge >= 0.3 is 0 Å². The van der Waals surface area contributed by atoms with Gasteiger partial charge in [0.25, 0.3) is 0 Å². The molecule has 0 spiro atoms. The fourth-order valence-electron chi connectivity index (χ4n) is 4.12. The molecule has 1 unspecified atom stereocenters. The SMILES string of the molecule is CC(c1nc2ccccc2n1Cc1ccc(F)cc1)C1CCN(C)CC1.Cl.Cl.O. The summed E-state index contributed by atoms with van der Waals surface area (Å²) >= 11 is 0. The van der Waals surface area contributed by atoms with Crippen LogP contribution in [0.15, 0.2) is 48.5 Å². The molecule has 0 amide bonds. The minimum Gasteiger partial charge on any atom is -0.412 e. The van der Waals surface area contributed by atoms with Crippen LogP contribution in [0.1, 0.15) is 37.1 Å². The third-order valence-corrected chi connectivity index (χ3v) is 5.82. The van der Waals surface area contributed by atoms with E-state index < -0.39 is 0 Å². The Morgan fingerprint density at radius 3 is 2.31 bits per heavy atom. The molecule has 4 rings (SSSR count). The lowest BCUT2D eigenvalue weighted by atomic mass is 9.85. The van der Waals surface area contributed by atoms with Crippen LogP contribution in [0.5, 0.6) is 0 Å². The topological polar surface area (TPSA) is 52.6 Å². The maximum Gasteiger partial charge on any atom is 0.123 e. The van der Waals surface area contributed by atoms with Crippen LogP contribution in [0.2, 0.25) is 0 Å². The van der Waals surface area contributed by atoms with E-state index in [1.165, 1.54) is 25.0 Å². The number of fused-ring (bicyclic) bond motifs is 1. The molecule has 2 N–H and O–H groups in total. The minimum absolute atomic E-state index is 0. The van der Waals surface area contributed by atoms with Gasteiger partial charge in [-0.05, 0) is 68.7 Å². The van der Waals surface area contributed by atoms with Gasteiger partial charge in [0.05, 0.1) is 11.0 Å². The zero-order valence-corrected chi connectivity index (χ0v) is 18.5. The van der Waals surface area contributed by atoms with E-state index in [2.05, 4.69) is 41.6 Å². The number of likely N-dealkylation sites (tertiary alicyclic amines) is 1. The Morgan fingerprint density at radius 2 is 1.66 bits per heavy atom. The van der Waals surface area contributed by atoms with E-state index in [-0.39, 0.29) is 36.1 Å². The lowest BCUT2D eigenvalue weighted by Crippen LogP contribution is -2.32. The molecule has 2 heterocycles. The van der Waals surface area contributed by atoms with Crippen LogP contribution < -0.4 is 0 Å². The van der Waals surface area contributed by atoms with Gasteiger partial charge in [0.1, 0.15) is 11.6 Å². The first-order valence-electron chi connectivity index (χ1n) is 9.50. The average molecular weight is 442 g/mol. The molecule has 1 saturated heterocycles. The normalized spacial score (nSPS) is 15.8. The molecule has 2 aromatic carbocycles. The number of hydrogen-bond donors (Lipinski definition) is 0. The molecule has 1 aromatic heterocycles. The summed E-state index contributed by atoms with van der Waals surface area (Å²) in [5, 5.41) is 0. The van der Waals surface area contributed by atoms with Crippen molar-refractivity contribution in [2.75, 3.05) is 20.1 Å². The molecular formula is C22H30Cl2FN3O. The zero-order valence-electron chi connectivity index (χ0n) is 16.8. The third kappa shape index (κ3) is 5.48. The number of piperidine rings is 1. The fourth-order valence-corrected chi connectivity index (χ4v) is 4.12. The second-order valence-electron chi connectivity index (χ2n) is 7.60. The molecule has 4 nitrogen and oxygen atoms in total. The summed E-state index contributed by atoms with van der Waals surface area (Å²) in [6.45, 7) is 5.37. The highest BCUT2D eigenvalue weighted by molar-refractivity contribution is 5.85. The molecular weight excluding hydrogens is 412 g/mol. The van der Waals surface area contributed by atoms with E-state index in [0.29, 0.717) is 11.8 Å². The van der Waals surface area contributed by atoms with E-state index in [0.717, 1.165) is 42.1 Å². The summed E-state index contributed by atoms with van der Waals surface area (Å²) in [7, 11) is 2.20. The van der Waals surface area contributed by atoms with Crippen LogP contribution in [-0.4, -0.2) is 40.1 Å². The predicted octanol–water partition coefficient (Wildman–Crippen LogP) is 4.69. The molecule has 3 aromatic rings. The number of imidazole rings is 1. The molecule has 7 heteroatoms. The molecule has 0 bridgehead atoms. The highest BCUT2D eigenvalue weighted by Crippen LogP contribution is 2.33. The Balaban J connectivity index is 0.00000140. The molecule has 0 saturated carbocycles. The second kappa shape index (κ2) is 10.9. The molecule has 29 heavy (non-hydrogen) atoms. The molecule has 0 radical (unpaired) electrons. The maximum absolute atomic E-state index is 13.3. The standard InChI is InChI=1S/C22H26FN3.2ClH.H2O/c1-16(18-11-13-25(2)14-12-18)22-24-20-5-3-4-6-21(20)26(22)15-17-7-9-19(23)10-8-17;;;/h3-10,16,18H,11-15H2,1-2H3;2*1H;1H2. The Morgan fingerprint density at radius 1 is 1.03 bits per heavy atom. The number of benzene rings is 2. The molecule has 1 fully saturated rings. The smallest absolute Gasteiger partial charge is 0.123 e. The second-order valence-corrected chi connectivity index (χ2v) is 7.60. The summed E-state index contributed by atoms with van der Waals surface area (Å²) in [6, 6.07) is 15.1. The molecule has 1 atom stereocenters. The van der Waals surface area contributed by atoms with Crippen molar-refractivity contribution in [1.29, 1.82) is 0 Å². The summed E-state index contributed by atoms with van der Waals surface area (Å²) in [4.78, 5) is 7.40. The van der Waals surface area contributed by atoms with Crippen molar-refractivity contribution in [2.45, 2.75) is 32.2 Å². The van der Waals surface area contributed by atoms with Crippen molar-refractivity contribution < 1.29 is 9.87 Å². The number of aromatic nitrogens is 2. The van der Waals surface area contributed by atoms with Gasteiger partial charge in [-0.1, -0.05) is 31.2 Å². The maximum atomic E-state index is 13.3. The first-order valence-corrected chi connectivity index (χ1v) is 9.50. The van der Waals surface area contributed by atoms with Crippen LogP contribution >= 0.6 is 24.8 Å². The van der Waals surface area contributed by atoms with E-state index in [1.807, 2.05) is 18.2 Å². The van der Waals surface area contributed by atoms with E-state index in [1.54, 1.807) is 0 Å². The van der Waals surface area contributed by atoms with Crippen LogP contribution in [0.3, 0.4) is 0 Å².